The molecule has 2 rings (SSSR count). The van der Waals surface area contributed by atoms with Gasteiger partial charge in [0.25, 0.3) is 0 Å². The highest BCUT2D eigenvalue weighted by atomic mass is 19.3. The van der Waals surface area contributed by atoms with Crippen molar-refractivity contribution in [2.24, 2.45) is 17.1 Å². The number of halogens is 2. The lowest BCUT2D eigenvalue weighted by molar-refractivity contribution is -0.0524. The fourth-order valence-electron chi connectivity index (χ4n) is 3.71. The van der Waals surface area contributed by atoms with Crippen molar-refractivity contribution in [1.29, 1.82) is 0 Å². The van der Waals surface area contributed by atoms with E-state index < -0.39 is 5.92 Å². The zero-order chi connectivity index (χ0) is 13.4. The normalized spacial score (nSPS) is 35.1. The third-order valence-corrected chi connectivity index (χ3v) is 4.24. The minimum absolute atomic E-state index is 0.0695. The van der Waals surface area contributed by atoms with Crippen LogP contribution in [0.4, 0.5) is 8.78 Å². The van der Waals surface area contributed by atoms with Crippen LogP contribution in [0.3, 0.4) is 0 Å². The van der Waals surface area contributed by atoms with Gasteiger partial charge in [0.2, 0.25) is 5.92 Å². The van der Waals surface area contributed by atoms with Gasteiger partial charge in [-0.25, -0.2) is 8.78 Å². The van der Waals surface area contributed by atoms with E-state index in [9.17, 15) is 8.78 Å². The zero-order valence-electron chi connectivity index (χ0n) is 11.5. The quantitative estimate of drug-likeness (QED) is 0.734. The number of hydrogen-bond acceptors (Lipinski definition) is 1. The Morgan fingerprint density at radius 1 is 1.33 bits per heavy atom. The molecule has 0 aromatic heterocycles. The van der Waals surface area contributed by atoms with Crippen LogP contribution in [0.1, 0.15) is 58.8 Å². The van der Waals surface area contributed by atoms with Gasteiger partial charge in [-0.3, -0.25) is 0 Å². The van der Waals surface area contributed by atoms with Crippen LogP contribution in [0.5, 0.6) is 0 Å². The summed E-state index contributed by atoms with van der Waals surface area (Å²) in [5.74, 6) is -2.28. The molecular formula is C15H25F2N. The van der Waals surface area contributed by atoms with Crippen molar-refractivity contribution >= 4 is 0 Å². The second-order valence-corrected chi connectivity index (χ2v) is 7.06. The summed E-state index contributed by atoms with van der Waals surface area (Å²) in [4.78, 5) is 0. The van der Waals surface area contributed by atoms with Crippen LogP contribution >= 0.6 is 0 Å². The van der Waals surface area contributed by atoms with Crippen molar-refractivity contribution < 1.29 is 8.78 Å². The molecule has 0 aromatic carbocycles. The lowest BCUT2D eigenvalue weighted by atomic mass is 9.72. The summed E-state index contributed by atoms with van der Waals surface area (Å²) in [6.07, 6.45) is 6.72. The number of allylic oxidation sites excluding steroid dienone is 1. The fraction of sp³-hybridized carbons (Fsp3) is 0.867. The first kappa shape index (κ1) is 14.0. The van der Waals surface area contributed by atoms with Gasteiger partial charge in [-0.15, -0.1) is 0 Å². The first-order valence-electron chi connectivity index (χ1n) is 7.09. The molecule has 0 spiro atoms. The smallest absolute Gasteiger partial charge is 0.248 e. The Kier molecular flexibility index (Phi) is 3.82. The molecule has 0 amide bonds. The van der Waals surface area contributed by atoms with E-state index in [1.807, 2.05) is 0 Å². The minimum atomic E-state index is -2.43. The van der Waals surface area contributed by atoms with Crippen LogP contribution in [0.25, 0.3) is 0 Å². The molecule has 0 bridgehead atoms. The maximum Gasteiger partial charge on any atom is 0.248 e. The molecule has 2 unspecified atom stereocenters. The molecule has 1 nitrogen and oxygen atoms in total. The molecule has 18 heavy (non-hydrogen) atoms. The van der Waals surface area contributed by atoms with Gasteiger partial charge in [0, 0.05) is 18.9 Å². The van der Waals surface area contributed by atoms with Gasteiger partial charge in [-0.2, -0.15) is 0 Å². The summed E-state index contributed by atoms with van der Waals surface area (Å²) in [6.45, 7) is 4.44. The topological polar surface area (TPSA) is 26.0 Å². The van der Waals surface area contributed by atoms with Gasteiger partial charge in [0.1, 0.15) is 0 Å². The second kappa shape index (κ2) is 4.92. The van der Waals surface area contributed by atoms with Gasteiger partial charge in [0.05, 0.1) is 0 Å². The Balaban J connectivity index is 1.97. The summed E-state index contributed by atoms with van der Waals surface area (Å²) in [5.41, 5.74) is 7.56. The predicted molar refractivity (Wildman–Crippen MR) is 70.6 cm³/mol. The van der Waals surface area contributed by atoms with Crippen molar-refractivity contribution in [3.8, 4) is 0 Å². The van der Waals surface area contributed by atoms with Crippen molar-refractivity contribution in [2.75, 3.05) is 0 Å². The molecule has 0 radical (unpaired) electrons. The summed E-state index contributed by atoms with van der Waals surface area (Å²) >= 11 is 0. The van der Waals surface area contributed by atoms with E-state index in [2.05, 4.69) is 19.9 Å². The number of nitrogens with two attached hydrogens (primary N) is 1. The second-order valence-electron chi connectivity index (χ2n) is 7.06. The Bertz CT molecular complexity index is 333. The molecule has 2 atom stereocenters. The Hall–Kier alpha value is -0.440. The standard InChI is InChI=1S/C15H25F2N/c1-14(2)8-12(7-13(18)10-14)6-11-4-3-5-15(16,17)9-11/h7,11,13H,3-6,8-10,18H2,1-2H3. The highest BCUT2D eigenvalue weighted by Crippen LogP contribution is 2.42. The van der Waals surface area contributed by atoms with Crippen molar-refractivity contribution in [3.63, 3.8) is 0 Å². The highest BCUT2D eigenvalue weighted by molar-refractivity contribution is 5.15. The molecule has 104 valence electrons. The Morgan fingerprint density at radius 3 is 2.67 bits per heavy atom. The number of hydrogen-bond donors (Lipinski definition) is 1. The molecule has 3 heteroatoms. The van der Waals surface area contributed by atoms with Gasteiger partial charge >= 0.3 is 0 Å². The van der Waals surface area contributed by atoms with E-state index in [0.717, 1.165) is 25.7 Å². The molecular weight excluding hydrogens is 232 g/mol. The molecule has 1 saturated carbocycles. The zero-order valence-corrected chi connectivity index (χ0v) is 11.5. The van der Waals surface area contributed by atoms with Crippen LogP contribution in [-0.4, -0.2) is 12.0 Å². The third-order valence-electron chi connectivity index (χ3n) is 4.24. The number of rotatable bonds is 2. The molecule has 2 N–H and O–H groups in total. The van der Waals surface area contributed by atoms with Crippen LogP contribution in [0, 0.1) is 11.3 Å². The van der Waals surface area contributed by atoms with E-state index in [1.165, 1.54) is 5.57 Å². The van der Waals surface area contributed by atoms with Crippen LogP contribution in [-0.2, 0) is 0 Å². The lowest BCUT2D eigenvalue weighted by Gasteiger charge is -2.36. The van der Waals surface area contributed by atoms with E-state index in [-0.39, 0.29) is 30.2 Å². The Labute approximate surface area is 109 Å². The SMILES string of the molecule is CC1(C)CC(CC2CCCC(F)(F)C2)=CC(N)C1. The van der Waals surface area contributed by atoms with E-state index in [1.54, 1.807) is 0 Å². The van der Waals surface area contributed by atoms with Crippen molar-refractivity contribution in [3.05, 3.63) is 11.6 Å². The summed E-state index contributed by atoms with van der Waals surface area (Å²) in [6, 6.07) is 0.104. The monoisotopic (exact) mass is 257 g/mol. The van der Waals surface area contributed by atoms with Crippen LogP contribution in [0.2, 0.25) is 0 Å². The van der Waals surface area contributed by atoms with E-state index in [0.29, 0.717) is 6.42 Å². The molecule has 1 fully saturated rings. The largest absolute Gasteiger partial charge is 0.324 e. The van der Waals surface area contributed by atoms with E-state index in [4.69, 9.17) is 5.73 Å². The maximum absolute atomic E-state index is 13.4. The van der Waals surface area contributed by atoms with Gasteiger partial charge < -0.3 is 5.73 Å². The van der Waals surface area contributed by atoms with Crippen LogP contribution < -0.4 is 5.73 Å². The third kappa shape index (κ3) is 3.78. The van der Waals surface area contributed by atoms with Crippen LogP contribution in [0.15, 0.2) is 11.6 Å². The first-order chi connectivity index (χ1) is 8.26. The van der Waals surface area contributed by atoms with Gasteiger partial charge in [0.15, 0.2) is 0 Å². The summed E-state index contributed by atoms with van der Waals surface area (Å²) < 4.78 is 26.8. The average molecular weight is 257 g/mol. The lowest BCUT2D eigenvalue weighted by Crippen LogP contribution is -2.32. The van der Waals surface area contributed by atoms with Gasteiger partial charge in [-0.05, 0) is 43.4 Å². The fourth-order valence-corrected chi connectivity index (χ4v) is 3.71. The van der Waals surface area contributed by atoms with Crippen molar-refractivity contribution in [1.82, 2.24) is 0 Å². The molecule has 0 saturated heterocycles. The van der Waals surface area contributed by atoms with E-state index >= 15 is 0 Å². The molecule has 2 aliphatic rings. The first-order valence-corrected chi connectivity index (χ1v) is 7.09. The highest BCUT2D eigenvalue weighted by Gasteiger charge is 2.37. The number of alkyl halides is 2. The Morgan fingerprint density at radius 2 is 2.06 bits per heavy atom. The predicted octanol–water partition coefficient (Wildman–Crippen LogP) is 4.28. The molecule has 2 aliphatic carbocycles. The van der Waals surface area contributed by atoms with Gasteiger partial charge in [-0.1, -0.05) is 25.5 Å². The summed E-state index contributed by atoms with van der Waals surface area (Å²) in [7, 11) is 0. The summed E-state index contributed by atoms with van der Waals surface area (Å²) in [5, 5.41) is 0. The molecule has 0 heterocycles. The molecule has 0 aromatic rings. The molecule has 0 aliphatic heterocycles. The maximum atomic E-state index is 13.4. The van der Waals surface area contributed by atoms with Crippen molar-refractivity contribution in [2.45, 2.75) is 70.8 Å². The average Bonchev–Trinajstić information content (AvgIpc) is 2.11. The minimum Gasteiger partial charge on any atom is -0.324 e.